The van der Waals surface area contributed by atoms with Crippen LogP contribution in [0, 0.1) is 0 Å². The molecule has 2 fully saturated rings. The van der Waals surface area contributed by atoms with Gasteiger partial charge in [0.1, 0.15) is 19.0 Å². The Balaban J connectivity index is 1.43. The number of carbonyl (C=O) groups is 1. The molecule has 0 saturated carbocycles. The second kappa shape index (κ2) is 8.31. The van der Waals surface area contributed by atoms with Crippen LogP contribution in [0.25, 0.3) is 0 Å². The number of hydrogen-bond donors (Lipinski definition) is 0. The standard InChI is InChI=1S/C18H24O5/c19-18(23-13-16-4-1-2-10-20-16)14-6-8-15(9-7-14)22-12-17-5-3-11-21-17/h6-9,16-17H,1-5,10-13H2. The molecule has 0 amide bonds. The van der Waals surface area contributed by atoms with Gasteiger partial charge in [-0.1, -0.05) is 0 Å². The van der Waals surface area contributed by atoms with Crippen LogP contribution in [0.1, 0.15) is 42.5 Å². The summed E-state index contributed by atoms with van der Waals surface area (Å²) in [5.74, 6) is 0.428. The third-order valence-corrected chi connectivity index (χ3v) is 4.22. The number of benzene rings is 1. The van der Waals surface area contributed by atoms with E-state index in [2.05, 4.69) is 0 Å². The maximum Gasteiger partial charge on any atom is 0.338 e. The van der Waals surface area contributed by atoms with Gasteiger partial charge < -0.3 is 18.9 Å². The quantitative estimate of drug-likeness (QED) is 0.754. The third-order valence-electron chi connectivity index (χ3n) is 4.22. The lowest BCUT2D eigenvalue weighted by Crippen LogP contribution is -2.25. The summed E-state index contributed by atoms with van der Waals surface area (Å²) in [6, 6.07) is 7.05. The van der Waals surface area contributed by atoms with Gasteiger partial charge >= 0.3 is 5.97 Å². The first-order valence-corrected chi connectivity index (χ1v) is 8.44. The van der Waals surface area contributed by atoms with Crippen LogP contribution in [0.3, 0.4) is 0 Å². The summed E-state index contributed by atoms with van der Waals surface area (Å²) in [6.45, 7) is 2.47. The molecule has 0 radical (unpaired) electrons. The van der Waals surface area contributed by atoms with Crippen molar-refractivity contribution in [2.45, 2.75) is 44.3 Å². The van der Waals surface area contributed by atoms with Crippen molar-refractivity contribution >= 4 is 5.97 Å². The first-order chi connectivity index (χ1) is 11.3. The highest BCUT2D eigenvalue weighted by Crippen LogP contribution is 2.18. The number of ether oxygens (including phenoxy) is 4. The van der Waals surface area contributed by atoms with Gasteiger partial charge in [-0.2, -0.15) is 0 Å². The minimum absolute atomic E-state index is 0.0433. The molecule has 126 valence electrons. The average molecular weight is 320 g/mol. The summed E-state index contributed by atoms with van der Waals surface area (Å²) in [5.41, 5.74) is 0.533. The molecule has 2 aliphatic rings. The molecule has 23 heavy (non-hydrogen) atoms. The molecule has 2 aliphatic heterocycles. The van der Waals surface area contributed by atoms with Gasteiger partial charge in [-0.05, 0) is 56.4 Å². The van der Waals surface area contributed by atoms with E-state index < -0.39 is 0 Å². The molecule has 1 aromatic rings. The lowest BCUT2D eigenvalue weighted by molar-refractivity contribution is -0.0300. The molecule has 2 heterocycles. The number of hydrogen-bond acceptors (Lipinski definition) is 5. The summed E-state index contributed by atoms with van der Waals surface area (Å²) < 4.78 is 22.1. The van der Waals surface area contributed by atoms with E-state index in [9.17, 15) is 4.79 Å². The number of rotatable bonds is 6. The van der Waals surface area contributed by atoms with Crippen LogP contribution in [0.15, 0.2) is 24.3 Å². The second-order valence-corrected chi connectivity index (χ2v) is 6.06. The Labute approximate surface area is 136 Å². The molecule has 2 unspecified atom stereocenters. The van der Waals surface area contributed by atoms with E-state index in [1.807, 2.05) is 0 Å². The van der Waals surface area contributed by atoms with Crippen molar-refractivity contribution in [1.29, 1.82) is 0 Å². The van der Waals surface area contributed by atoms with Crippen LogP contribution >= 0.6 is 0 Å². The molecule has 5 heteroatoms. The lowest BCUT2D eigenvalue weighted by atomic mass is 10.1. The zero-order valence-electron chi connectivity index (χ0n) is 13.4. The molecular weight excluding hydrogens is 296 g/mol. The molecule has 2 atom stereocenters. The molecule has 2 saturated heterocycles. The van der Waals surface area contributed by atoms with Crippen LogP contribution in [0.5, 0.6) is 5.75 Å². The normalized spacial score (nSPS) is 24.3. The third kappa shape index (κ3) is 4.94. The van der Waals surface area contributed by atoms with Crippen molar-refractivity contribution in [3.8, 4) is 5.75 Å². The highest BCUT2D eigenvalue weighted by atomic mass is 16.6. The molecule has 3 rings (SSSR count). The SMILES string of the molecule is O=C(OCC1CCCCO1)c1ccc(OCC2CCCO2)cc1. The van der Waals surface area contributed by atoms with Gasteiger partial charge in [-0.15, -0.1) is 0 Å². The molecular formula is C18H24O5. The highest BCUT2D eigenvalue weighted by molar-refractivity contribution is 5.89. The molecule has 0 N–H and O–H groups in total. The van der Waals surface area contributed by atoms with Crippen molar-refractivity contribution in [3.63, 3.8) is 0 Å². The van der Waals surface area contributed by atoms with Gasteiger partial charge in [-0.3, -0.25) is 0 Å². The predicted octanol–water partition coefficient (Wildman–Crippen LogP) is 2.97. The maximum absolute atomic E-state index is 12.0. The van der Waals surface area contributed by atoms with E-state index in [0.717, 1.165) is 51.1 Å². The van der Waals surface area contributed by atoms with Crippen molar-refractivity contribution in [2.75, 3.05) is 26.4 Å². The van der Waals surface area contributed by atoms with E-state index in [4.69, 9.17) is 18.9 Å². The van der Waals surface area contributed by atoms with E-state index >= 15 is 0 Å². The molecule has 0 spiro atoms. The van der Waals surface area contributed by atoms with Gasteiger partial charge in [0, 0.05) is 13.2 Å². The maximum atomic E-state index is 12.0. The van der Waals surface area contributed by atoms with Gasteiger partial charge in [0.25, 0.3) is 0 Å². The fourth-order valence-electron chi connectivity index (χ4n) is 2.84. The van der Waals surface area contributed by atoms with E-state index in [-0.39, 0.29) is 18.2 Å². The average Bonchev–Trinajstić information content (AvgIpc) is 3.13. The predicted molar refractivity (Wildman–Crippen MR) is 84.8 cm³/mol. The van der Waals surface area contributed by atoms with Gasteiger partial charge in [0.2, 0.25) is 0 Å². The zero-order valence-corrected chi connectivity index (χ0v) is 13.4. The Morgan fingerprint density at radius 3 is 2.35 bits per heavy atom. The molecule has 0 aromatic heterocycles. The Kier molecular flexibility index (Phi) is 5.88. The first kappa shape index (κ1) is 16.3. The van der Waals surface area contributed by atoms with Crippen molar-refractivity contribution < 1.29 is 23.7 Å². The smallest absolute Gasteiger partial charge is 0.338 e. The molecule has 1 aromatic carbocycles. The largest absolute Gasteiger partial charge is 0.491 e. The van der Waals surface area contributed by atoms with Crippen LogP contribution in [0.4, 0.5) is 0 Å². The minimum Gasteiger partial charge on any atom is -0.491 e. The van der Waals surface area contributed by atoms with E-state index in [1.54, 1.807) is 24.3 Å². The van der Waals surface area contributed by atoms with Gasteiger partial charge in [0.05, 0.1) is 17.8 Å². The summed E-state index contributed by atoms with van der Waals surface area (Å²) >= 11 is 0. The van der Waals surface area contributed by atoms with E-state index in [0.29, 0.717) is 18.8 Å². The Morgan fingerprint density at radius 1 is 0.957 bits per heavy atom. The topological polar surface area (TPSA) is 54.0 Å². The molecule has 5 nitrogen and oxygen atoms in total. The van der Waals surface area contributed by atoms with Gasteiger partial charge in [-0.25, -0.2) is 4.79 Å². The highest BCUT2D eigenvalue weighted by Gasteiger charge is 2.18. The van der Waals surface area contributed by atoms with Crippen LogP contribution in [0.2, 0.25) is 0 Å². The Morgan fingerprint density at radius 2 is 1.65 bits per heavy atom. The number of esters is 1. The summed E-state index contributed by atoms with van der Waals surface area (Å²) in [4.78, 5) is 12.0. The Bertz CT molecular complexity index is 487. The summed E-state index contributed by atoms with van der Waals surface area (Å²) in [6.07, 6.45) is 5.58. The fourth-order valence-corrected chi connectivity index (χ4v) is 2.84. The zero-order chi connectivity index (χ0) is 15.9. The van der Waals surface area contributed by atoms with Crippen LogP contribution in [-0.2, 0) is 14.2 Å². The lowest BCUT2D eigenvalue weighted by Gasteiger charge is -2.22. The van der Waals surface area contributed by atoms with Crippen molar-refractivity contribution in [1.82, 2.24) is 0 Å². The van der Waals surface area contributed by atoms with E-state index in [1.165, 1.54) is 0 Å². The molecule has 0 bridgehead atoms. The Hall–Kier alpha value is -1.59. The first-order valence-electron chi connectivity index (χ1n) is 8.44. The van der Waals surface area contributed by atoms with Crippen LogP contribution in [-0.4, -0.2) is 44.6 Å². The number of carbonyl (C=O) groups excluding carboxylic acids is 1. The minimum atomic E-state index is -0.315. The monoisotopic (exact) mass is 320 g/mol. The van der Waals surface area contributed by atoms with Crippen LogP contribution < -0.4 is 4.74 Å². The molecule has 0 aliphatic carbocycles. The van der Waals surface area contributed by atoms with Crippen molar-refractivity contribution in [3.05, 3.63) is 29.8 Å². The second-order valence-electron chi connectivity index (χ2n) is 6.06. The van der Waals surface area contributed by atoms with Gasteiger partial charge in [0.15, 0.2) is 0 Å². The summed E-state index contributed by atoms with van der Waals surface area (Å²) in [5, 5.41) is 0. The fraction of sp³-hybridized carbons (Fsp3) is 0.611. The van der Waals surface area contributed by atoms with Crippen molar-refractivity contribution in [2.24, 2.45) is 0 Å². The summed E-state index contributed by atoms with van der Waals surface area (Å²) in [7, 11) is 0.